The van der Waals surface area contributed by atoms with Crippen LogP contribution in [0.25, 0.3) is 0 Å². The quantitative estimate of drug-likeness (QED) is 0.316. The number of rotatable bonds is 1. The van der Waals surface area contributed by atoms with Crippen molar-refractivity contribution < 1.29 is 24.9 Å². The topological polar surface area (TPSA) is 87.0 Å². The van der Waals surface area contributed by atoms with E-state index < -0.39 is 41.2 Å². The molecule has 5 rings (SSSR count). The van der Waals surface area contributed by atoms with E-state index >= 15 is 0 Å². The van der Waals surface area contributed by atoms with Gasteiger partial charge in [0.05, 0.1) is 12.2 Å². The summed E-state index contributed by atoms with van der Waals surface area (Å²) in [6.07, 6.45) is 5.14. The number of aliphatic hydroxyl groups is 3. The molecule has 0 aliphatic heterocycles. The van der Waals surface area contributed by atoms with Gasteiger partial charge in [-0.2, -0.15) is 0 Å². The molecule has 5 nitrogen and oxygen atoms in total. The molecule has 13 atom stereocenters. The molecule has 37 heavy (non-hydrogen) atoms. The molecular weight excluding hydrogens is 464 g/mol. The number of hydrogen-bond donors (Lipinski definition) is 3. The maximum Gasteiger partial charge on any atom is 0.303 e. The molecule has 5 aliphatic carbocycles. The van der Waals surface area contributed by atoms with E-state index in [1.807, 2.05) is 0 Å². The largest absolute Gasteiger partial charge is 0.459 e. The zero-order valence-electron chi connectivity index (χ0n) is 24.7. The molecule has 210 valence electrons. The Kier molecular flexibility index (Phi) is 6.20. The predicted octanol–water partition coefficient (Wildman–Crippen LogP) is 5.51. The summed E-state index contributed by atoms with van der Waals surface area (Å²) in [5.74, 6) is 1.08. The Morgan fingerprint density at radius 1 is 0.946 bits per heavy atom. The second-order valence-corrected chi connectivity index (χ2v) is 15.6. The average molecular weight is 517 g/mol. The van der Waals surface area contributed by atoms with E-state index in [0.717, 1.165) is 19.3 Å². The lowest BCUT2D eigenvalue weighted by molar-refractivity contribution is -0.292. The smallest absolute Gasteiger partial charge is 0.303 e. The molecule has 0 amide bonds. The SMILES string of the molecule is CC(=O)OC1C(O)C(O)[C@]2(C)[C@H]3C(O)C=C4[C@@H]5[C@@H](C)[C@H](C)CC[C@]5(C)CC[C@@]4(C)[C@]3(C)CC[C@H]2C1(C)C. The van der Waals surface area contributed by atoms with Crippen LogP contribution in [0, 0.1) is 56.7 Å². The Balaban J connectivity index is 1.64. The molecule has 4 fully saturated rings. The van der Waals surface area contributed by atoms with Crippen molar-refractivity contribution in [3.8, 4) is 0 Å². The van der Waals surface area contributed by atoms with Crippen molar-refractivity contribution in [1.29, 1.82) is 0 Å². The Bertz CT molecular complexity index is 988. The lowest BCUT2D eigenvalue weighted by Crippen LogP contribution is -2.74. The van der Waals surface area contributed by atoms with Gasteiger partial charge in [-0.3, -0.25) is 4.79 Å². The summed E-state index contributed by atoms with van der Waals surface area (Å²) >= 11 is 0. The zero-order valence-corrected chi connectivity index (χ0v) is 24.7. The van der Waals surface area contributed by atoms with Gasteiger partial charge >= 0.3 is 5.97 Å². The van der Waals surface area contributed by atoms with Crippen molar-refractivity contribution in [3.63, 3.8) is 0 Å². The maximum absolute atomic E-state index is 12.1. The van der Waals surface area contributed by atoms with Gasteiger partial charge in [0, 0.05) is 23.7 Å². The van der Waals surface area contributed by atoms with Gasteiger partial charge in [0.2, 0.25) is 0 Å². The predicted molar refractivity (Wildman–Crippen MR) is 144 cm³/mol. The monoisotopic (exact) mass is 516 g/mol. The Labute approximate surface area is 224 Å². The Hall–Kier alpha value is -0.910. The number of esters is 1. The van der Waals surface area contributed by atoms with Gasteiger partial charge in [-0.1, -0.05) is 67.0 Å². The standard InChI is InChI=1S/C32H52O5/c1-17-10-12-29(6)14-15-30(7)20(23(29)18(17)2)16-21(34)25-31(30,8)13-11-22-28(4,5)27(37-19(3)33)24(35)26(36)32(22,25)9/h16-18,21-27,34-36H,10-15H2,1-9H3/t17-,18+,21?,22+,23+,24?,25+,26?,27?,29-,30-,31-,32+/m1/s1. The van der Waals surface area contributed by atoms with Gasteiger partial charge in [0.25, 0.3) is 0 Å². The number of ether oxygens (including phenoxy) is 1. The lowest BCUT2D eigenvalue weighted by Gasteiger charge is -2.73. The third-order valence-electron chi connectivity index (χ3n) is 13.7. The molecule has 5 heteroatoms. The highest BCUT2D eigenvalue weighted by Crippen LogP contribution is 2.75. The van der Waals surface area contributed by atoms with Crippen LogP contribution < -0.4 is 0 Å². The molecule has 0 saturated heterocycles. The second-order valence-electron chi connectivity index (χ2n) is 15.6. The molecule has 4 saturated carbocycles. The van der Waals surface area contributed by atoms with E-state index in [1.165, 1.54) is 31.8 Å². The Morgan fingerprint density at radius 3 is 2.22 bits per heavy atom. The van der Waals surface area contributed by atoms with Crippen molar-refractivity contribution in [2.24, 2.45) is 56.7 Å². The van der Waals surface area contributed by atoms with E-state index in [-0.39, 0.29) is 28.1 Å². The molecule has 5 aliphatic rings. The van der Waals surface area contributed by atoms with Crippen LogP contribution in [0.5, 0.6) is 0 Å². The van der Waals surface area contributed by atoms with Gasteiger partial charge in [0.15, 0.2) is 0 Å². The molecule has 3 N–H and O–H groups in total. The van der Waals surface area contributed by atoms with Crippen molar-refractivity contribution in [3.05, 3.63) is 11.6 Å². The molecule has 0 bridgehead atoms. The van der Waals surface area contributed by atoms with Gasteiger partial charge in [-0.25, -0.2) is 0 Å². The van der Waals surface area contributed by atoms with Crippen LogP contribution in [-0.2, 0) is 9.53 Å². The minimum Gasteiger partial charge on any atom is -0.459 e. The molecule has 0 spiro atoms. The summed E-state index contributed by atoms with van der Waals surface area (Å²) in [6.45, 7) is 19.7. The zero-order chi connectivity index (χ0) is 27.5. The van der Waals surface area contributed by atoms with Crippen molar-refractivity contribution in [2.45, 2.75) is 125 Å². The number of fused-ring (bicyclic) bond motifs is 7. The van der Waals surface area contributed by atoms with E-state index in [4.69, 9.17) is 4.74 Å². The molecular formula is C32H52O5. The fourth-order valence-electron chi connectivity index (χ4n) is 11.4. The highest BCUT2D eigenvalue weighted by Gasteiger charge is 2.73. The van der Waals surface area contributed by atoms with E-state index in [9.17, 15) is 20.1 Å². The third kappa shape index (κ3) is 3.35. The molecule has 0 heterocycles. The van der Waals surface area contributed by atoms with Gasteiger partial charge in [0.1, 0.15) is 12.2 Å². The molecule has 0 radical (unpaired) electrons. The van der Waals surface area contributed by atoms with Crippen LogP contribution in [0.3, 0.4) is 0 Å². The minimum absolute atomic E-state index is 0.00323. The maximum atomic E-state index is 12.1. The summed E-state index contributed by atoms with van der Waals surface area (Å²) in [5.41, 5.74) is 0.209. The first kappa shape index (κ1) is 27.6. The first-order chi connectivity index (χ1) is 17.0. The summed E-state index contributed by atoms with van der Waals surface area (Å²) in [4.78, 5) is 12.0. The summed E-state index contributed by atoms with van der Waals surface area (Å²) in [6, 6.07) is 0. The second kappa shape index (κ2) is 8.30. The molecule has 4 unspecified atom stereocenters. The molecule has 0 aromatic rings. The summed E-state index contributed by atoms with van der Waals surface area (Å²) in [5, 5.41) is 35.3. The third-order valence-corrected chi connectivity index (χ3v) is 13.7. The highest BCUT2D eigenvalue weighted by molar-refractivity contribution is 5.66. The average Bonchev–Trinajstić information content (AvgIpc) is 2.79. The molecule has 0 aromatic heterocycles. The van der Waals surface area contributed by atoms with Crippen molar-refractivity contribution >= 4 is 5.97 Å². The Morgan fingerprint density at radius 2 is 1.59 bits per heavy atom. The van der Waals surface area contributed by atoms with Crippen LogP contribution in [0.15, 0.2) is 11.6 Å². The van der Waals surface area contributed by atoms with Crippen LogP contribution in [0.4, 0.5) is 0 Å². The summed E-state index contributed by atoms with van der Waals surface area (Å²) < 4.78 is 5.65. The van der Waals surface area contributed by atoms with E-state index in [2.05, 4.69) is 61.5 Å². The first-order valence-electron chi connectivity index (χ1n) is 14.9. The van der Waals surface area contributed by atoms with Crippen LogP contribution in [-0.4, -0.2) is 45.7 Å². The van der Waals surface area contributed by atoms with Gasteiger partial charge in [-0.15, -0.1) is 0 Å². The number of carbonyl (C=O) groups is 1. The number of allylic oxidation sites excluding steroid dienone is 1. The number of aliphatic hydroxyl groups excluding tert-OH is 3. The minimum atomic E-state index is -1.19. The fourth-order valence-corrected chi connectivity index (χ4v) is 11.4. The van der Waals surface area contributed by atoms with E-state index in [0.29, 0.717) is 17.8 Å². The number of hydrogen-bond acceptors (Lipinski definition) is 5. The van der Waals surface area contributed by atoms with Crippen molar-refractivity contribution in [1.82, 2.24) is 0 Å². The van der Waals surface area contributed by atoms with Crippen LogP contribution >= 0.6 is 0 Å². The van der Waals surface area contributed by atoms with E-state index in [1.54, 1.807) is 0 Å². The highest BCUT2D eigenvalue weighted by atomic mass is 16.6. The lowest BCUT2D eigenvalue weighted by atomic mass is 9.32. The van der Waals surface area contributed by atoms with Crippen LogP contribution in [0.2, 0.25) is 0 Å². The first-order valence-corrected chi connectivity index (χ1v) is 14.9. The number of carbonyl (C=O) groups excluding carboxylic acids is 1. The van der Waals surface area contributed by atoms with Crippen LogP contribution in [0.1, 0.15) is 101 Å². The fraction of sp³-hybridized carbons (Fsp3) is 0.906. The normalized spacial score (nSPS) is 56.6. The van der Waals surface area contributed by atoms with Crippen molar-refractivity contribution in [2.75, 3.05) is 0 Å². The summed E-state index contributed by atoms with van der Waals surface area (Å²) in [7, 11) is 0. The molecule has 0 aromatic carbocycles. The van der Waals surface area contributed by atoms with Gasteiger partial charge in [-0.05, 0) is 78.4 Å². The van der Waals surface area contributed by atoms with Gasteiger partial charge < -0.3 is 20.1 Å².